The topological polar surface area (TPSA) is 116 Å². The Morgan fingerprint density at radius 1 is 1.28 bits per heavy atom. The molecule has 9 atom stereocenters. The van der Waals surface area contributed by atoms with Crippen LogP contribution in [0, 0.1) is 17.8 Å². The minimum absolute atomic E-state index is 0.0246. The van der Waals surface area contributed by atoms with Crippen LogP contribution in [0.15, 0.2) is 16.9 Å². The Bertz CT molecular complexity index is 812. The molecule has 8 nitrogen and oxygen atoms in total. The fraction of sp³-hybridized carbons (Fsp3) is 0.800. The smallest absolute Gasteiger partial charge is 0.340 e. The Morgan fingerprint density at radius 3 is 2.83 bits per heavy atom. The predicted molar refractivity (Wildman–Crippen MR) is 99.4 cm³/mol. The first kappa shape index (κ1) is 18.9. The lowest BCUT2D eigenvalue weighted by Gasteiger charge is -2.61. The van der Waals surface area contributed by atoms with Crippen molar-refractivity contribution in [2.24, 2.45) is 22.9 Å². The van der Waals surface area contributed by atoms with E-state index in [4.69, 9.17) is 10.3 Å². The number of ketones is 1. The predicted octanol–water partition coefficient (Wildman–Crippen LogP) is 2.98. The molecule has 4 fully saturated rings. The van der Waals surface area contributed by atoms with Crippen LogP contribution in [0.25, 0.3) is 10.4 Å². The van der Waals surface area contributed by atoms with E-state index in [0.717, 1.165) is 32.1 Å². The lowest BCUT2D eigenvalue weighted by Crippen LogP contribution is -2.72. The Morgan fingerprint density at radius 2 is 2.07 bits per heavy atom. The molecule has 0 radical (unpaired) electrons. The van der Waals surface area contributed by atoms with Crippen LogP contribution in [0.2, 0.25) is 0 Å². The van der Waals surface area contributed by atoms with Gasteiger partial charge in [-0.15, -0.1) is 0 Å². The molecule has 3 saturated carbocycles. The van der Waals surface area contributed by atoms with Crippen molar-refractivity contribution < 1.29 is 23.8 Å². The third kappa shape index (κ3) is 2.78. The van der Waals surface area contributed by atoms with Gasteiger partial charge in [-0.05, 0) is 43.1 Å². The molecular formula is C20H25FN4O4. The van der Waals surface area contributed by atoms with Crippen LogP contribution in [-0.2, 0) is 14.3 Å². The maximum absolute atomic E-state index is 15.0. The van der Waals surface area contributed by atoms with Gasteiger partial charge in [-0.25, -0.2) is 9.18 Å². The van der Waals surface area contributed by atoms with Gasteiger partial charge in [0.1, 0.15) is 11.7 Å². The largest absolute Gasteiger partial charge is 0.478 e. The molecule has 1 N–H and O–H groups in total. The lowest BCUT2D eigenvalue weighted by atomic mass is 9.64. The first-order valence-electron chi connectivity index (χ1n) is 10.6. The van der Waals surface area contributed by atoms with Crippen LogP contribution >= 0.6 is 0 Å². The standard InChI is InChI=1S/C20H25FN4O4/c21-13-7-11-16-19(15(13)23-24-22)29-18-10-4-2-1-3-9(10)5-6-14(18)25(16)8-12(17(11)26)20(27)28/h8-11,13-16,18-19H,1-7H2,(H,27,28). The summed E-state index contributed by atoms with van der Waals surface area (Å²) in [6.07, 6.45) is 5.37. The van der Waals surface area contributed by atoms with Crippen molar-refractivity contribution >= 4 is 11.8 Å². The quantitative estimate of drug-likeness (QED) is 0.329. The zero-order valence-electron chi connectivity index (χ0n) is 16.1. The van der Waals surface area contributed by atoms with Crippen molar-refractivity contribution in [2.45, 2.75) is 81.5 Å². The number of rotatable bonds is 2. The van der Waals surface area contributed by atoms with Crippen LogP contribution in [-0.4, -0.2) is 58.3 Å². The molecular weight excluding hydrogens is 379 g/mol. The van der Waals surface area contributed by atoms with Crippen LogP contribution in [0.3, 0.4) is 0 Å². The van der Waals surface area contributed by atoms with Crippen molar-refractivity contribution in [3.8, 4) is 0 Å². The summed E-state index contributed by atoms with van der Waals surface area (Å²) < 4.78 is 21.5. The highest BCUT2D eigenvalue weighted by Crippen LogP contribution is 2.51. The Hall–Kier alpha value is -2.12. The molecule has 2 heterocycles. The summed E-state index contributed by atoms with van der Waals surface area (Å²) in [5.74, 6) is -1.70. The molecule has 9 heteroatoms. The summed E-state index contributed by atoms with van der Waals surface area (Å²) in [5.41, 5.74) is 8.71. The number of hydrogen-bond acceptors (Lipinski definition) is 5. The van der Waals surface area contributed by atoms with Gasteiger partial charge in [0.2, 0.25) is 0 Å². The number of carbonyl (C=O) groups is 2. The maximum Gasteiger partial charge on any atom is 0.340 e. The van der Waals surface area contributed by atoms with Gasteiger partial charge < -0.3 is 14.7 Å². The van der Waals surface area contributed by atoms with E-state index in [2.05, 4.69) is 10.0 Å². The number of alkyl halides is 1. The number of ether oxygens (including phenoxy) is 1. The molecule has 9 unspecified atom stereocenters. The number of Topliss-reactive ketones (excluding diaryl/α,β-unsaturated/α-hetero) is 1. The summed E-state index contributed by atoms with van der Waals surface area (Å²) in [6.45, 7) is 0. The highest BCUT2D eigenvalue weighted by atomic mass is 19.1. The number of azide groups is 1. The molecule has 3 aliphatic carbocycles. The van der Waals surface area contributed by atoms with Gasteiger partial charge >= 0.3 is 5.97 Å². The monoisotopic (exact) mass is 404 g/mol. The highest BCUT2D eigenvalue weighted by molar-refractivity contribution is 6.18. The third-order valence-electron chi connectivity index (χ3n) is 7.87. The molecule has 2 aliphatic heterocycles. The highest BCUT2D eigenvalue weighted by Gasteiger charge is 2.60. The lowest BCUT2D eigenvalue weighted by molar-refractivity contribution is -0.217. The summed E-state index contributed by atoms with van der Waals surface area (Å²) >= 11 is 0. The van der Waals surface area contributed by atoms with Gasteiger partial charge in [0.25, 0.3) is 0 Å². The molecule has 0 aromatic carbocycles. The summed E-state index contributed by atoms with van der Waals surface area (Å²) in [4.78, 5) is 29.4. The molecule has 5 aliphatic rings. The van der Waals surface area contributed by atoms with Crippen LogP contribution in [0.5, 0.6) is 0 Å². The fourth-order valence-corrected chi connectivity index (χ4v) is 6.69. The van der Waals surface area contributed by atoms with Gasteiger partial charge in [0.15, 0.2) is 5.78 Å². The zero-order valence-corrected chi connectivity index (χ0v) is 16.1. The molecule has 0 spiro atoms. The molecule has 156 valence electrons. The molecule has 0 aromatic rings. The maximum atomic E-state index is 15.0. The first-order chi connectivity index (χ1) is 14.0. The zero-order chi connectivity index (χ0) is 20.3. The summed E-state index contributed by atoms with van der Waals surface area (Å²) in [5, 5.41) is 13.3. The Balaban J connectivity index is 1.59. The van der Waals surface area contributed by atoms with E-state index in [0.29, 0.717) is 11.8 Å². The van der Waals surface area contributed by atoms with E-state index >= 15 is 0 Å². The summed E-state index contributed by atoms with van der Waals surface area (Å²) in [7, 11) is 0. The molecule has 29 heavy (non-hydrogen) atoms. The van der Waals surface area contributed by atoms with E-state index in [9.17, 15) is 19.1 Å². The Kier molecular flexibility index (Phi) is 4.55. The van der Waals surface area contributed by atoms with Gasteiger partial charge in [-0.3, -0.25) is 4.79 Å². The van der Waals surface area contributed by atoms with E-state index < -0.39 is 42.0 Å². The van der Waals surface area contributed by atoms with E-state index in [1.165, 1.54) is 12.6 Å². The number of fused-ring (bicyclic) bond motifs is 4. The van der Waals surface area contributed by atoms with E-state index in [-0.39, 0.29) is 24.1 Å². The minimum atomic E-state index is -1.53. The van der Waals surface area contributed by atoms with Crippen LogP contribution < -0.4 is 0 Å². The fourth-order valence-electron chi connectivity index (χ4n) is 6.69. The van der Waals surface area contributed by atoms with Crippen molar-refractivity contribution in [2.75, 3.05) is 0 Å². The second kappa shape index (κ2) is 6.99. The summed E-state index contributed by atoms with van der Waals surface area (Å²) in [6, 6.07) is -1.50. The molecule has 0 aromatic heterocycles. The van der Waals surface area contributed by atoms with Crippen molar-refractivity contribution in [1.29, 1.82) is 0 Å². The van der Waals surface area contributed by atoms with Gasteiger partial charge in [0.05, 0.1) is 30.3 Å². The SMILES string of the molecule is [N-]=[N+]=NC1C(F)CC2C(=O)C(C(=O)O)=CN3C4CCC5CCCCC5C4OC1C23. The van der Waals surface area contributed by atoms with Crippen molar-refractivity contribution in [3.05, 3.63) is 22.2 Å². The number of hydrogen-bond donors (Lipinski definition) is 1. The number of aliphatic carboxylic acids is 1. The van der Waals surface area contributed by atoms with E-state index in [1.54, 1.807) is 0 Å². The number of halogens is 1. The van der Waals surface area contributed by atoms with Gasteiger partial charge in [0, 0.05) is 17.0 Å². The van der Waals surface area contributed by atoms with Crippen LogP contribution in [0.1, 0.15) is 44.9 Å². The van der Waals surface area contributed by atoms with Crippen molar-refractivity contribution in [3.63, 3.8) is 0 Å². The third-order valence-corrected chi connectivity index (χ3v) is 7.87. The number of morpholine rings is 1. The average molecular weight is 404 g/mol. The average Bonchev–Trinajstić information content (AvgIpc) is 2.72. The van der Waals surface area contributed by atoms with Crippen LogP contribution in [0.4, 0.5) is 4.39 Å². The second-order valence-corrected chi connectivity index (χ2v) is 9.12. The number of carboxylic acid groups (broad SMARTS) is 1. The van der Waals surface area contributed by atoms with Gasteiger partial charge in [-0.1, -0.05) is 24.4 Å². The molecule has 1 saturated heterocycles. The minimum Gasteiger partial charge on any atom is -0.478 e. The molecule has 5 rings (SSSR count). The second-order valence-electron chi connectivity index (χ2n) is 9.12. The first-order valence-corrected chi connectivity index (χ1v) is 10.6. The van der Waals surface area contributed by atoms with E-state index in [1.807, 2.05) is 4.90 Å². The Labute approximate surface area is 167 Å². The van der Waals surface area contributed by atoms with Crippen molar-refractivity contribution in [1.82, 2.24) is 4.90 Å². The molecule has 0 bridgehead atoms. The number of carbonyl (C=O) groups excluding carboxylic acids is 1. The normalized spacial score (nSPS) is 45.8. The number of nitrogens with zero attached hydrogens (tertiary/aromatic N) is 4. The molecule has 0 amide bonds. The van der Waals surface area contributed by atoms with Gasteiger partial charge in [-0.2, -0.15) is 0 Å². The number of carboxylic acids is 1.